The molecule has 1 heterocycles. The quantitative estimate of drug-likeness (QED) is 0.834. The van der Waals surface area contributed by atoms with E-state index in [1.54, 1.807) is 11.3 Å². The van der Waals surface area contributed by atoms with Crippen LogP contribution in [0.15, 0.2) is 35.7 Å². The van der Waals surface area contributed by atoms with E-state index in [1.165, 1.54) is 12.0 Å². The number of aryl methyl sites for hydroxylation is 1. The van der Waals surface area contributed by atoms with Gasteiger partial charge in [-0.25, -0.2) is 4.98 Å². The van der Waals surface area contributed by atoms with Gasteiger partial charge in [0, 0.05) is 5.38 Å². The van der Waals surface area contributed by atoms with E-state index < -0.39 is 0 Å². The van der Waals surface area contributed by atoms with Gasteiger partial charge in [0.15, 0.2) is 0 Å². The van der Waals surface area contributed by atoms with Crippen LogP contribution in [0.4, 0.5) is 0 Å². The fraction of sp³-hybridized carbons (Fsp3) is 0.444. The molecule has 0 N–H and O–H groups in total. The third-order valence-electron chi connectivity index (χ3n) is 4.58. The van der Waals surface area contributed by atoms with Crippen molar-refractivity contribution in [1.82, 2.24) is 4.98 Å². The predicted molar refractivity (Wildman–Crippen MR) is 86.8 cm³/mol. The minimum atomic E-state index is -0.281. The summed E-state index contributed by atoms with van der Waals surface area (Å²) >= 11 is 1.62. The molecule has 0 unspecified atom stereocenters. The van der Waals surface area contributed by atoms with Crippen LogP contribution in [0.25, 0.3) is 0 Å². The zero-order valence-electron chi connectivity index (χ0n) is 12.5. The van der Waals surface area contributed by atoms with Gasteiger partial charge in [-0.2, -0.15) is 0 Å². The van der Waals surface area contributed by atoms with Crippen LogP contribution in [-0.2, 0) is 16.6 Å². The van der Waals surface area contributed by atoms with E-state index >= 15 is 0 Å². The summed E-state index contributed by atoms with van der Waals surface area (Å²) in [6.45, 7) is 1.99. The van der Waals surface area contributed by atoms with Crippen LogP contribution >= 0.6 is 11.3 Å². The van der Waals surface area contributed by atoms with Gasteiger partial charge in [-0.15, -0.1) is 11.3 Å². The topological polar surface area (TPSA) is 30.0 Å². The molecule has 0 saturated heterocycles. The van der Waals surface area contributed by atoms with Crippen molar-refractivity contribution in [3.8, 4) is 0 Å². The molecule has 1 aromatic heterocycles. The highest BCUT2D eigenvalue weighted by Gasteiger charge is 2.40. The summed E-state index contributed by atoms with van der Waals surface area (Å²) in [5, 5.41) is 3.06. The number of Topliss-reactive ketones (excluding diaryl/α,β-unsaturated/α-hetero) is 1. The molecule has 21 heavy (non-hydrogen) atoms. The molecule has 2 nitrogen and oxygen atoms in total. The van der Waals surface area contributed by atoms with Gasteiger partial charge in [-0.1, -0.05) is 49.6 Å². The first kappa shape index (κ1) is 14.5. The molecule has 3 rings (SSSR count). The molecule has 0 amide bonds. The lowest BCUT2D eigenvalue weighted by Gasteiger charge is -2.36. The van der Waals surface area contributed by atoms with Gasteiger partial charge >= 0.3 is 0 Å². The Hall–Kier alpha value is -1.48. The molecule has 1 aromatic carbocycles. The number of aromatic nitrogens is 1. The van der Waals surface area contributed by atoms with Crippen molar-refractivity contribution in [1.29, 1.82) is 0 Å². The fourth-order valence-corrected chi connectivity index (χ4v) is 4.08. The predicted octanol–water partition coefficient (Wildman–Crippen LogP) is 4.47. The Balaban J connectivity index is 1.90. The van der Waals surface area contributed by atoms with Crippen LogP contribution in [0, 0.1) is 6.92 Å². The zero-order valence-corrected chi connectivity index (χ0v) is 13.3. The minimum Gasteiger partial charge on any atom is -0.298 e. The lowest BCUT2D eigenvalue weighted by atomic mass is 9.66. The van der Waals surface area contributed by atoms with Gasteiger partial charge in [-0.3, -0.25) is 4.79 Å². The van der Waals surface area contributed by atoms with Crippen LogP contribution < -0.4 is 0 Å². The van der Waals surface area contributed by atoms with E-state index in [1.807, 2.05) is 30.5 Å². The SMILES string of the molecule is Cc1nc(CC(=O)C2(c3ccccc3)CCCCC2)cs1. The standard InChI is InChI=1S/C18H21NOS/c1-14-19-16(13-21-14)12-17(20)18(10-6-3-7-11-18)15-8-4-2-5-9-15/h2,4-5,8-9,13H,3,6-7,10-12H2,1H3. The minimum absolute atomic E-state index is 0.281. The molecule has 0 atom stereocenters. The number of benzene rings is 1. The molecular weight excluding hydrogens is 278 g/mol. The normalized spacial score (nSPS) is 17.6. The van der Waals surface area contributed by atoms with E-state index in [4.69, 9.17) is 0 Å². The maximum Gasteiger partial charge on any atom is 0.149 e. The molecule has 3 heteroatoms. The van der Waals surface area contributed by atoms with E-state index in [2.05, 4.69) is 17.1 Å². The van der Waals surface area contributed by atoms with Crippen LogP contribution in [-0.4, -0.2) is 10.8 Å². The van der Waals surface area contributed by atoms with Gasteiger partial charge < -0.3 is 0 Å². The molecule has 0 radical (unpaired) electrons. The highest BCUT2D eigenvalue weighted by molar-refractivity contribution is 7.09. The van der Waals surface area contributed by atoms with Crippen molar-refractivity contribution in [2.45, 2.75) is 50.9 Å². The molecule has 0 aliphatic heterocycles. The van der Waals surface area contributed by atoms with Crippen molar-refractivity contribution >= 4 is 17.1 Å². The van der Waals surface area contributed by atoms with Crippen LogP contribution in [0.1, 0.15) is 48.4 Å². The maximum absolute atomic E-state index is 13.1. The first-order chi connectivity index (χ1) is 10.2. The molecular formula is C18H21NOS. The lowest BCUT2D eigenvalue weighted by molar-refractivity contribution is -0.125. The first-order valence-corrected chi connectivity index (χ1v) is 8.58. The maximum atomic E-state index is 13.1. The number of ketones is 1. The fourth-order valence-electron chi connectivity index (χ4n) is 3.46. The molecule has 1 saturated carbocycles. The molecule has 110 valence electrons. The van der Waals surface area contributed by atoms with Crippen molar-refractivity contribution in [2.24, 2.45) is 0 Å². The van der Waals surface area contributed by atoms with Crippen molar-refractivity contribution in [3.63, 3.8) is 0 Å². The van der Waals surface area contributed by atoms with Crippen LogP contribution in [0.5, 0.6) is 0 Å². The average molecular weight is 299 g/mol. The van der Waals surface area contributed by atoms with E-state index in [9.17, 15) is 4.79 Å². The second-order valence-electron chi connectivity index (χ2n) is 5.97. The third-order valence-corrected chi connectivity index (χ3v) is 5.40. The van der Waals surface area contributed by atoms with Gasteiger partial charge in [0.25, 0.3) is 0 Å². The van der Waals surface area contributed by atoms with Gasteiger partial charge in [-0.05, 0) is 25.3 Å². The van der Waals surface area contributed by atoms with Crippen LogP contribution in [0.2, 0.25) is 0 Å². The molecule has 1 fully saturated rings. The number of hydrogen-bond acceptors (Lipinski definition) is 3. The lowest BCUT2D eigenvalue weighted by Crippen LogP contribution is -2.39. The number of carbonyl (C=O) groups is 1. The number of nitrogens with zero attached hydrogens (tertiary/aromatic N) is 1. The molecule has 0 bridgehead atoms. The Morgan fingerprint density at radius 3 is 2.52 bits per heavy atom. The smallest absolute Gasteiger partial charge is 0.149 e. The summed E-state index contributed by atoms with van der Waals surface area (Å²) in [7, 11) is 0. The van der Waals surface area contributed by atoms with Gasteiger partial charge in [0.05, 0.1) is 22.5 Å². The molecule has 0 spiro atoms. The van der Waals surface area contributed by atoms with Crippen LogP contribution in [0.3, 0.4) is 0 Å². The summed E-state index contributed by atoms with van der Waals surface area (Å²) in [5.41, 5.74) is 1.85. The Kier molecular flexibility index (Phi) is 4.20. The largest absolute Gasteiger partial charge is 0.298 e. The molecule has 1 aliphatic rings. The van der Waals surface area contributed by atoms with Gasteiger partial charge in [0.1, 0.15) is 5.78 Å². The Bertz CT molecular complexity index is 611. The van der Waals surface area contributed by atoms with Crippen molar-refractivity contribution < 1.29 is 4.79 Å². The first-order valence-electron chi connectivity index (χ1n) is 7.70. The van der Waals surface area contributed by atoms with E-state index in [0.717, 1.165) is 36.4 Å². The summed E-state index contributed by atoms with van der Waals surface area (Å²) in [4.78, 5) is 17.5. The van der Waals surface area contributed by atoms with Crippen molar-refractivity contribution in [3.05, 3.63) is 52.0 Å². The number of thiazole rings is 1. The monoisotopic (exact) mass is 299 g/mol. The summed E-state index contributed by atoms with van der Waals surface area (Å²) in [6.07, 6.45) is 5.99. The molecule has 2 aromatic rings. The zero-order chi connectivity index (χ0) is 14.7. The van der Waals surface area contributed by atoms with Crippen molar-refractivity contribution in [2.75, 3.05) is 0 Å². The second-order valence-corrected chi connectivity index (χ2v) is 7.03. The highest BCUT2D eigenvalue weighted by atomic mass is 32.1. The average Bonchev–Trinajstić information content (AvgIpc) is 2.94. The Morgan fingerprint density at radius 2 is 1.90 bits per heavy atom. The molecule has 1 aliphatic carbocycles. The van der Waals surface area contributed by atoms with E-state index in [0.29, 0.717) is 12.2 Å². The van der Waals surface area contributed by atoms with Gasteiger partial charge in [0.2, 0.25) is 0 Å². The number of carbonyl (C=O) groups excluding carboxylic acids is 1. The third kappa shape index (κ3) is 2.93. The van der Waals surface area contributed by atoms with E-state index in [-0.39, 0.29) is 5.41 Å². The number of hydrogen-bond donors (Lipinski definition) is 0. The Labute approximate surface area is 130 Å². The second kappa shape index (κ2) is 6.10. The summed E-state index contributed by atoms with van der Waals surface area (Å²) in [5.74, 6) is 0.346. The number of rotatable bonds is 4. The summed E-state index contributed by atoms with van der Waals surface area (Å²) < 4.78 is 0. The summed E-state index contributed by atoms with van der Waals surface area (Å²) in [6, 6.07) is 10.4. The Morgan fingerprint density at radius 1 is 1.19 bits per heavy atom. The highest BCUT2D eigenvalue weighted by Crippen LogP contribution is 2.41.